The van der Waals surface area contributed by atoms with Crippen molar-refractivity contribution in [2.45, 2.75) is 76.4 Å². The van der Waals surface area contributed by atoms with E-state index in [1.807, 2.05) is 24.5 Å². The lowest BCUT2D eigenvalue weighted by Crippen LogP contribution is -2.52. The van der Waals surface area contributed by atoms with Crippen molar-refractivity contribution in [1.29, 1.82) is 0 Å². The van der Waals surface area contributed by atoms with Crippen molar-refractivity contribution in [3.63, 3.8) is 0 Å². The molecule has 0 spiro atoms. The zero-order valence-corrected chi connectivity index (χ0v) is 38.2. The molecule has 16 nitrogen and oxygen atoms in total. The summed E-state index contributed by atoms with van der Waals surface area (Å²) in [6.07, 6.45) is 12.1. The first kappa shape index (κ1) is 43.4. The molecule has 1 atom stereocenters. The number of imide groups is 1. The normalized spacial score (nSPS) is 22.0. The fourth-order valence-corrected chi connectivity index (χ4v) is 11.1. The van der Waals surface area contributed by atoms with Crippen LogP contribution < -0.4 is 15.1 Å². The van der Waals surface area contributed by atoms with E-state index < -0.39 is 6.04 Å². The van der Waals surface area contributed by atoms with Gasteiger partial charge in [0.2, 0.25) is 11.8 Å². The molecule has 3 aromatic heterocycles. The summed E-state index contributed by atoms with van der Waals surface area (Å²) in [6, 6.07) is 12.1. The van der Waals surface area contributed by atoms with Gasteiger partial charge in [-0.2, -0.15) is 0 Å². The first-order valence-corrected chi connectivity index (χ1v) is 24.1. The Labute approximate surface area is 381 Å². The number of nitrogens with one attached hydrogen (secondary N) is 1. The lowest BCUT2D eigenvalue weighted by atomic mass is 9.96. The monoisotopic (exact) mass is 885 g/mol. The number of anilines is 2. The summed E-state index contributed by atoms with van der Waals surface area (Å²) in [7, 11) is 3.61. The lowest BCUT2D eigenvalue weighted by Gasteiger charge is -2.40. The number of piperazine rings is 2. The predicted molar refractivity (Wildman–Crippen MR) is 249 cm³/mol. The maximum Gasteiger partial charge on any atom is 0.270 e. The highest BCUT2D eigenvalue weighted by molar-refractivity contribution is 6.05. The summed E-state index contributed by atoms with van der Waals surface area (Å²) in [4.78, 5) is 81.0. The first-order chi connectivity index (χ1) is 31.6. The molecule has 10 rings (SSSR count). The van der Waals surface area contributed by atoms with Crippen LogP contribution in [0, 0.1) is 5.92 Å². The molecule has 8 heterocycles. The molecule has 6 aliphatic rings. The van der Waals surface area contributed by atoms with Gasteiger partial charge in [-0.1, -0.05) is 12.8 Å². The molecule has 5 aliphatic heterocycles. The molecule has 5 fully saturated rings. The van der Waals surface area contributed by atoms with Gasteiger partial charge in [0.05, 0.1) is 18.3 Å². The topological polar surface area (TPSA) is 147 Å². The highest BCUT2D eigenvalue weighted by Crippen LogP contribution is 2.35. The van der Waals surface area contributed by atoms with Gasteiger partial charge in [0, 0.05) is 134 Å². The van der Waals surface area contributed by atoms with Crippen molar-refractivity contribution >= 4 is 46.0 Å². The van der Waals surface area contributed by atoms with Gasteiger partial charge in [-0.25, -0.2) is 9.97 Å². The molecule has 4 aromatic rings. The Morgan fingerprint density at radius 2 is 1.45 bits per heavy atom. The number of hydrogen-bond donors (Lipinski definition) is 1. The van der Waals surface area contributed by atoms with Gasteiger partial charge in [-0.05, 0) is 93.1 Å². The number of pyridine rings is 1. The minimum Gasteiger partial charge on any atom is -0.369 e. The van der Waals surface area contributed by atoms with Crippen LogP contribution in [0.1, 0.15) is 95.3 Å². The van der Waals surface area contributed by atoms with Gasteiger partial charge in [0.1, 0.15) is 23.2 Å². The summed E-state index contributed by atoms with van der Waals surface area (Å²) >= 11 is 0. The predicted octanol–water partition coefficient (Wildman–Crippen LogP) is 3.65. The number of carbonyl (C=O) groups is 4. The number of nitrogens with zero attached hydrogens (tertiary/aromatic N) is 11. The van der Waals surface area contributed by atoms with Gasteiger partial charge < -0.3 is 29.1 Å². The zero-order chi connectivity index (χ0) is 44.6. The smallest absolute Gasteiger partial charge is 0.270 e. The van der Waals surface area contributed by atoms with Crippen LogP contribution in [-0.4, -0.2) is 173 Å². The minimum atomic E-state index is -0.584. The van der Waals surface area contributed by atoms with Crippen LogP contribution in [0.5, 0.6) is 0 Å². The Morgan fingerprint density at radius 3 is 2.14 bits per heavy atom. The van der Waals surface area contributed by atoms with E-state index in [0.717, 1.165) is 124 Å². The van der Waals surface area contributed by atoms with Crippen LogP contribution in [0.25, 0.3) is 11.0 Å². The third-order valence-corrected chi connectivity index (χ3v) is 15.0. The molecule has 344 valence electrons. The molecule has 16 heteroatoms. The highest BCUT2D eigenvalue weighted by atomic mass is 16.2. The lowest BCUT2D eigenvalue weighted by molar-refractivity contribution is -0.136. The number of likely N-dealkylation sites (tertiary alicyclic amines) is 1. The Balaban J connectivity index is 0.633. The van der Waals surface area contributed by atoms with Crippen molar-refractivity contribution in [3.8, 4) is 0 Å². The quantitative estimate of drug-likeness (QED) is 0.208. The molecule has 65 heavy (non-hydrogen) atoms. The third-order valence-electron chi connectivity index (χ3n) is 15.0. The summed E-state index contributed by atoms with van der Waals surface area (Å²) in [5, 5.41) is 3.31. The van der Waals surface area contributed by atoms with Crippen LogP contribution in [-0.2, 0) is 22.6 Å². The fourth-order valence-electron chi connectivity index (χ4n) is 11.1. The van der Waals surface area contributed by atoms with Crippen molar-refractivity contribution in [2.24, 2.45) is 5.92 Å². The molecule has 1 aromatic carbocycles. The minimum absolute atomic E-state index is 0.00521. The van der Waals surface area contributed by atoms with E-state index in [-0.39, 0.29) is 30.0 Å². The maximum atomic E-state index is 13.2. The van der Waals surface area contributed by atoms with E-state index in [9.17, 15) is 19.2 Å². The van der Waals surface area contributed by atoms with E-state index in [2.05, 4.69) is 63.6 Å². The van der Waals surface area contributed by atoms with Gasteiger partial charge in [-0.15, -0.1) is 0 Å². The van der Waals surface area contributed by atoms with Gasteiger partial charge in [0.15, 0.2) is 0 Å². The molecule has 0 radical (unpaired) electrons. The second-order valence-corrected chi connectivity index (χ2v) is 19.4. The van der Waals surface area contributed by atoms with E-state index in [0.29, 0.717) is 36.7 Å². The Morgan fingerprint density at radius 1 is 0.754 bits per heavy atom. The fraction of sp³-hybridized carbons (Fsp3) is 0.571. The summed E-state index contributed by atoms with van der Waals surface area (Å²) in [5.41, 5.74) is 6.43. The molecule has 4 amide bonds. The van der Waals surface area contributed by atoms with Gasteiger partial charge >= 0.3 is 0 Å². The summed E-state index contributed by atoms with van der Waals surface area (Å²) < 4.78 is 2.17. The van der Waals surface area contributed by atoms with E-state index in [1.54, 1.807) is 23.9 Å². The molecule has 0 bridgehead atoms. The highest BCUT2D eigenvalue weighted by Gasteiger charge is 2.39. The number of rotatable bonds is 12. The first-order valence-electron chi connectivity index (χ1n) is 24.1. The maximum absolute atomic E-state index is 13.2. The van der Waals surface area contributed by atoms with Crippen LogP contribution in [0.15, 0.2) is 48.8 Å². The summed E-state index contributed by atoms with van der Waals surface area (Å²) in [5.74, 6) is 0.719. The van der Waals surface area contributed by atoms with Crippen LogP contribution in [0.2, 0.25) is 0 Å². The molecule has 0 unspecified atom stereocenters. The van der Waals surface area contributed by atoms with Crippen molar-refractivity contribution in [3.05, 3.63) is 77.1 Å². The second kappa shape index (κ2) is 18.8. The van der Waals surface area contributed by atoms with Gasteiger partial charge in [0.25, 0.3) is 11.8 Å². The Kier molecular flexibility index (Phi) is 12.6. The zero-order valence-electron chi connectivity index (χ0n) is 38.2. The SMILES string of the molecule is CN(C)C(=O)c1cc2cnc(Cc3ccc(N4CCN(CCN5CCC(CN6CCN(c7ccc8c(c7)CN([C@H]7CCC(=O)NC7=O)C8=O)CC6)CC5)CC4)cn3)nc2n1C1CCCC1. The van der Waals surface area contributed by atoms with Crippen molar-refractivity contribution in [2.75, 3.05) is 109 Å². The van der Waals surface area contributed by atoms with E-state index in [4.69, 9.17) is 9.97 Å². The standard InChI is InChI=1S/C49H64N12O4/c1-54(2)49(65)43-28-35-30-51-44(52-46(35)61(43)38-5-3-4-6-38)29-37-7-8-40(31-50-37)59-23-19-56(20-24-59)18-17-55-15-13-34(14-16-55)32-57-21-25-58(26-22-57)39-9-10-41-36(27-39)33-60(48(41)64)42-11-12-45(62)53-47(42)63/h7-10,27-28,30-31,34,38,42H,3-6,11-26,29,32-33H2,1-2H3,(H,53,62,63)/t42-/m0/s1. The van der Waals surface area contributed by atoms with Crippen LogP contribution in [0.4, 0.5) is 11.4 Å². The average molecular weight is 885 g/mol. The second-order valence-electron chi connectivity index (χ2n) is 19.4. The van der Waals surface area contributed by atoms with Crippen molar-refractivity contribution in [1.82, 2.24) is 49.3 Å². The third kappa shape index (κ3) is 9.34. The van der Waals surface area contributed by atoms with Crippen molar-refractivity contribution < 1.29 is 19.2 Å². The van der Waals surface area contributed by atoms with Gasteiger partial charge in [-0.3, -0.25) is 39.3 Å². The van der Waals surface area contributed by atoms with E-state index >= 15 is 0 Å². The molecule has 1 aliphatic carbocycles. The molecular weight excluding hydrogens is 821 g/mol. The number of benzene rings is 1. The molecule has 1 N–H and O–H groups in total. The molecule has 1 saturated carbocycles. The van der Waals surface area contributed by atoms with E-state index in [1.165, 1.54) is 45.3 Å². The largest absolute Gasteiger partial charge is 0.369 e. The summed E-state index contributed by atoms with van der Waals surface area (Å²) in [6.45, 7) is 14.3. The number of piperidine rings is 2. The molecular formula is C49H64N12O4. The number of aromatic nitrogens is 4. The number of carbonyl (C=O) groups excluding carboxylic acids is 4. The number of fused-ring (bicyclic) bond motifs is 2. The Bertz CT molecular complexity index is 2390. The van der Waals surface area contributed by atoms with Crippen LogP contribution in [0.3, 0.4) is 0 Å². The number of amides is 4. The Hall–Kier alpha value is -5.45. The average Bonchev–Trinajstić information content (AvgIpc) is 4.07. The number of hydrogen-bond acceptors (Lipinski definition) is 12. The molecule has 4 saturated heterocycles. The van der Waals surface area contributed by atoms with Crippen LogP contribution >= 0.6 is 0 Å².